The van der Waals surface area contributed by atoms with Gasteiger partial charge >= 0.3 is 0 Å². The third kappa shape index (κ3) is 7.67. The summed E-state index contributed by atoms with van der Waals surface area (Å²) in [6.07, 6.45) is -2.39. The summed E-state index contributed by atoms with van der Waals surface area (Å²) >= 11 is 0. The monoisotopic (exact) mass is 429 g/mol. The largest absolute Gasteiger partial charge is 0.395 e. The van der Waals surface area contributed by atoms with Gasteiger partial charge in [0.1, 0.15) is 6.61 Å². The van der Waals surface area contributed by atoms with Gasteiger partial charge in [-0.3, -0.25) is 14.4 Å². The Bertz CT molecular complexity index is 685. The summed E-state index contributed by atoms with van der Waals surface area (Å²) in [5, 5.41) is 59.5. The highest BCUT2D eigenvalue weighted by molar-refractivity contribution is 6.03. The molecule has 0 spiro atoms. The first-order valence-corrected chi connectivity index (χ1v) is 9.08. The van der Waals surface area contributed by atoms with E-state index < -0.39 is 56.4 Å². The second-order valence-electron chi connectivity index (χ2n) is 6.29. The van der Waals surface area contributed by atoms with E-state index in [1.54, 1.807) is 0 Å². The van der Waals surface area contributed by atoms with Crippen LogP contribution in [0, 0.1) is 0 Å². The van der Waals surface area contributed by atoms with E-state index >= 15 is 0 Å². The van der Waals surface area contributed by atoms with Crippen LogP contribution in [0.5, 0.6) is 0 Å². The van der Waals surface area contributed by atoms with E-state index in [2.05, 4.69) is 10.6 Å². The first-order valence-electron chi connectivity index (χ1n) is 9.08. The van der Waals surface area contributed by atoms with Crippen molar-refractivity contribution in [2.45, 2.75) is 12.2 Å². The zero-order valence-corrected chi connectivity index (χ0v) is 16.2. The summed E-state index contributed by atoms with van der Waals surface area (Å²) in [5.74, 6) is -2.21. The highest BCUT2D eigenvalue weighted by Crippen LogP contribution is 2.20. The number of amides is 3. The molecule has 0 aliphatic carbocycles. The number of nitrogens with zero attached hydrogens (tertiary/aromatic N) is 1. The predicted octanol–water partition coefficient (Wildman–Crippen LogP) is -3.83. The van der Waals surface area contributed by atoms with Crippen LogP contribution in [0.3, 0.4) is 0 Å². The van der Waals surface area contributed by atoms with Crippen molar-refractivity contribution in [1.82, 2.24) is 10.6 Å². The molecule has 0 aliphatic rings. The number of anilines is 1. The number of aliphatic hydroxyl groups excluding tert-OH is 6. The van der Waals surface area contributed by atoms with Gasteiger partial charge in [-0.25, -0.2) is 0 Å². The fourth-order valence-corrected chi connectivity index (χ4v) is 2.37. The Morgan fingerprint density at radius 1 is 0.833 bits per heavy atom. The van der Waals surface area contributed by atoms with Gasteiger partial charge in [0.25, 0.3) is 17.7 Å². The molecule has 0 bridgehead atoms. The van der Waals surface area contributed by atoms with Gasteiger partial charge in [-0.15, -0.1) is 0 Å². The quantitative estimate of drug-likeness (QED) is 0.164. The molecule has 0 radical (unpaired) electrons. The second kappa shape index (κ2) is 12.8. The minimum absolute atomic E-state index is 0.0475. The molecule has 1 aromatic rings. The molecule has 0 saturated carbocycles. The van der Waals surface area contributed by atoms with Crippen molar-refractivity contribution >= 4 is 23.4 Å². The van der Waals surface area contributed by atoms with Gasteiger partial charge in [0.15, 0.2) is 0 Å². The summed E-state index contributed by atoms with van der Waals surface area (Å²) in [4.78, 5) is 37.8. The molecule has 1 aromatic carbocycles. The van der Waals surface area contributed by atoms with E-state index in [1.807, 2.05) is 0 Å². The number of aliphatic hydroxyl groups is 6. The maximum atomic E-state index is 12.4. The average molecular weight is 429 g/mol. The molecule has 0 fully saturated rings. The summed E-state index contributed by atoms with van der Waals surface area (Å²) in [5.41, 5.74) is -0.0929. The van der Waals surface area contributed by atoms with Crippen LogP contribution in [-0.4, -0.2) is 107 Å². The number of hydrogen-bond acceptors (Lipinski definition) is 9. The minimum Gasteiger partial charge on any atom is -0.395 e. The maximum Gasteiger partial charge on any atom is 0.252 e. The number of benzene rings is 1. The zero-order valence-electron chi connectivity index (χ0n) is 16.2. The number of carbonyl (C=O) groups excluding carboxylic acids is 3. The predicted molar refractivity (Wildman–Crippen MR) is 104 cm³/mol. The Kier molecular flexibility index (Phi) is 10.9. The van der Waals surface area contributed by atoms with Crippen molar-refractivity contribution in [1.29, 1.82) is 0 Å². The Hall–Kier alpha value is -2.61. The molecular formula is C18H27N3O9. The van der Waals surface area contributed by atoms with Crippen molar-refractivity contribution in [3.63, 3.8) is 0 Å². The zero-order chi connectivity index (χ0) is 22.7. The fraction of sp³-hybridized carbons (Fsp3) is 0.500. The molecule has 0 aliphatic heterocycles. The minimum atomic E-state index is -1.19. The molecular weight excluding hydrogens is 402 g/mol. The van der Waals surface area contributed by atoms with Crippen molar-refractivity contribution in [3.05, 3.63) is 29.3 Å². The van der Waals surface area contributed by atoms with Gasteiger partial charge in [-0.1, -0.05) is 0 Å². The van der Waals surface area contributed by atoms with E-state index in [0.717, 1.165) is 4.90 Å². The molecule has 8 N–H and O–H groups in total. The third-order valence-electron chi connectivity index (χ3n) is 3.93. The smallest absolute Gasteiger partial charge is 0.252 e. The Morgan fingerprint density at radius 2 is 1.30 bits per heavy atom. The highest BCUT2D eigenvalue weighted by atomic mass is 16.3. The second-order valence-corrected chi connectivity index (χ2v) is 6.29. The van der Waals surface area contributed by atoms with Gasteiger partial charge in [0.05, 0.1) is 32.0 Å². The molecule has 12 heteroatoms. The normalized spacial score (nSPS) is 12.7. The number of rotatable bonds is 12. The lowest BCUT2D eigenvalue weighted by atomic mass is 10.1. The number of hydrogen-bond donors (Lipinski definition) is 8. The van der Waals surface area contributed by atoms with Crippen LogP contribution in [-0.2, 0) is 4.79 Å². The molecule has 2 unspecified atom stereocenters. The molecule has 0 aromatic heterocycles. The van der Waals surface area contributed by atoms with Gasteiger partial charge in [-0.05, 0) is 18.2 Å². The van der Waals surface area contributed by atoms with Gasteiger partial charge in [0.2, 0.25) is 0 Å². The molecule has 168 valence electrons. The average Bonchev–Trinajstić information content (AvgIpc) is 2.77. The topological polar surface area (TPSA) is 200 Å². The van der Waals surface area contributed by atoms with Crippen molar-refractivity contribution < 1.29 is 45.0 Å². The van der Waals surface area contributed by atoms with E-state index in [9.17, 15) is 29.7 Å². The first-order chi connectivity index (χ1) is 14.3. The Morgan fingerprint density at radius 3 is 1.67 bits per heavy atom. The molecule has 12 nitrogen and oxygen atoms in total. The van der Waals surface area contributed by atoms with Crippen LogP contribution >= 0.6 is 0 Å². The molecule has 30 heavy (non-hydrogen) atoms. The summed E-state index contributed by atoms with van der Waals surface area (Å²) in [7, 11) is 0. The van der Waals surface area contributed by atoms with Crippen molar-refractivity contribution in [2.24, 2.45) is 0 Å². The van der Waals surface area contributed by atoms with Crippen LogP contribution < -0.4 is 15.5 Å². The number of carbonyl (C=O) groups is 3. The van der Waals surface area contributed by atoms with E-state index in [0.29, 0.717) is 0 Å². The van der Waals surface area contributed by atoms with Crippen molar-refractivity contribution in [3.8, 4) is 0 Å². The molecule has 1 rings (SSSR count). The van der Waals surface area contributed by atoms with E-state index in [1.165, 1.54) is 18.2 Å². The lowest BCUT2D eigenvalue weighted by Gasteiger charge is -2.22. The molecule has 0 heterocycles. The molecule has 3 amide bonds. The van der Waals surface area contributed by atoms with Crippen LogP contribution in [0.1, 0.15) is 20.7 Å². The summed E-state index contributed by atoms with van der Waals surface area (Å²) < 4.78 is 0. The lowest BCUT2D eigenvalue weighted by Crippen LogP contribution is -2.37. The lowest BCUT2D eigenvalue weighted by molar-refractivity contribution is -0.121. The van der Waals surface area contributed by atoms with Crippen LogP contribution in [0.15, 0.2) is 18.2 Å². The van der Waals surface area contributed by atoms with Gasteiger partial charge in [-0.2, -0.15) is 0 Å². The SMILES string of the molecule is O=C(NCC(O)CO)c1cc(C(=O)NCC(O)CO)cc(N(CCO)C(=O)CO)c1. The van der Waals surface area contributed by atoms with Gasteiger partial charge in [0, 0.05) is 36.4 Å². The van der Waals surface area contributed by atoms with Crippen LogP contribution in [0.2, 0.25) is 0 Å². The third-order valence-corrected chi connectivity index (χ3v) is 3.93. The van der Waals surface area contributed by atoms with Crippen LogP contribution in [0.25, 0.3) is 0 Å². The Balaban J connectivity index is 3.27. The van der Waals surface area contributed by atoms with Gasteiger partial charge < -0.3 is 46.2 Å². The first kappa shape index (κ1) is 25.4. The van der Waals surface area contributed by atoms with Crippen molar-refractivity contribution in [2.75, 3.05) is 51.0 Å². The van der Waals surface area contributed by atoms with Crippen LogP contribution in [0.4, 0.5) is 5.69 Å². The summed E-state index contributed by atoms with van der Waals surface area (Å²) in [6.45, 7) is -3.21. The molecule has 2 atom stereocenters. The van der Waals surface area contributed by atoms with E-state index in [-0.39, 0.29) is 36.4 Å². The highest BCUT2D eigenvalue weighted by Gasteiger charge is 2.20. The summed E-state index contributed by atoms with van der Waals surface area (Å²) in [6, 6.07) is 3.71. The fourth-order valence-electron chi connectivity index (χ4n) is 2.37. The maximum absolute atomic E-state index is 12.4. The standard InChI is InChI=1S/C18H27N3O9/c22-2-1-21(16(28)10-25)13-4-11(17(29)19-6-14(26)8-23)3-12(5-13)18(30)20-7-15(27)9-24/h3-5,14-15,22-27H,1-2,6-10H2,(H,19,29)(H,20,30). The Labute approximate surface area is 172 Å². The molecule has 0 saturated heterocycles. The number of nitrogens with one attached hydrogen (secondary N) is 2. The van der Waals surface area contributed by atoms with E-state index in [4.69, 9.17) is 15.3 Å².